The lowest BCUT2D eigenvalue weighted by Gasteiger charge is -2.30. The fourth-order valence-electron chi connectivity index (χ4n) is 3.04. The number of amides is 1. The van der Waals surface area contributed by atoms with Crippen LogP contribution in [0.1, 0.15) is 53.7 Å². The average molecular weight is 381 g/mol. The van der Waals surface area contributed by atoms with Crippen molar-refractivity contribution in [1.82, 2.24) is 15.1 Å². The van der Waals surface area contributed by atoms with Crippen molar-refractivity contribution in [1.29, 1.82) is 0 Å². The van der Waals surface area contributed by atoms with E-state index in [0.717, 1.165) is 0 Å². The molecule has 1 aromatic heterocycles. The van der Waals surface area contributed by atoms with Gasteiger partial charge in [0.15, 0.2) is 5.78 Å². The Labute approximate surface area is 153 Å². The molecule has 0 spiro atoms. The smallest absolute Gasteiger partial charge is 0.417 e. The maximum atomic E-state index is 12.5. The predicted molar refractivity (Wildman–Crippen MR) is 87.9 cm³/mol. The molecule has 0 N–H and O–H groups in total. The van der Waals surface area contributed by atoms with E-state index in [0.29, 0.717) is 31.5 Å². The summed E-state index contributed by atoms with van der Waals surface area (Å²) in [7, 11) is 0. The summed E-state index contributed by atoms with van der Waals surface area (Å²) in [6.45, 7) is 0.763. The number of piperidine rings is 1. The maximum Gasteiger partial charge on any atom is 0.470 e. The van der Waals surface area contributed by atoms with Gasteiger partial charge in [0.05, 0.1) is 0 Å². The number of hydrogen-bond donors (Lipinski definition) is 0. The Morgan fingerprint density at radius 2 is 1.74 bits per heavy atom. The molecule has 3 rings (SSSR count). The van der Waals surface area contributed by atoms with Crippen LogP contribution in [0.25, 0.3) is 0 Å². The lowest BCUT2D eigenvalue weighted by molar-refractivity contribution is -0.157. The Bertz CT molecular complexity index is 797. The van der Waals surface area contributed by atoms with Crippen LogP contribution in [0.4, 0.5) is 13.2 Å². The highest BCUT2D eigenvalue weighted by Crippen LogP contribution is 2.32. The molecule has 0 saturated carbocycles. The van der Waals surface area contributed by atoms with Gasteiger partial charge in [-0.25, -0.2) is 0 Å². The quantitative estimate of drug-likeness (QED) is 0.742. The largest absolute Gasteiger partial charge is 0.470 e. The number of hydrogen-bond acceptors (Lipinski definition) is 5. The van der Waals surface area contributed by atoms with E-state index < -0.39 is 12.1 Å². The molecular weight excluding hydrogens is 363 g/mol. The summed E-state index contributed by atoms with van der Waals surface area (Å²) in [4.78, 5) is 26.0. The second kappa shape index (κ2) is 7.89. The Kier molecular flexibility index (Phi) is 5.57. The Balaban J connectivity index is 1.48. The maximum absolute atomic E-state index is 12.5. The minimum Gasteiger partial charge on any atom is -0.417 e. The van der Waals surface area contributed by atoms with Crippen LogP contribution in [0.3, 0.4) is 0 Å². The van der Waals surface area contributed by atoms with Gasteiger partial charge in [-0.15, -0.1) is 10.2 Å². The van der Waals surface area contributed by atoms with Crippen molar-refractivity contribution >= 4 is 11.7 Å². The number of carbonyl (C=O) groups is 2. The van der Waals surface area contributed by atoms with Crippen LogP contribution in [0.15, 0.2) is 34.7 Å². The van der Waals surface area contributed by atoms with Crippen LogP contribution < -0.4 is 0 Å². The van der Waals surface area contributed by atoms with E-state index >= 15 is 0 Å². The number of alkyl halides is 3. The molecule has 144 valence electrons. The summed E-state index contributed by atoms with van der Waals surface area (Å²) in [5.41, 5.74) is 0.570. The van der Waals surface area contributed by atoms with Gasteiger partial charge in [0.2, 0.25) is 11.8 Å². The fraction of sp³-hybridized carbons (Fsp3) is 0.444. The number of nitrogens with zero attached hydrogens (tertiary/aromatic N) is 3. The molecule has 1 saturated heterocycles. The predicted octanol–water partition coefficient (Wildman–Crippen LogP) is 3.46. The van der Waals surface area contributed by atoms with Crippen LogP contribution in [-0.4, -0.2) is 39.9 Å². The number of likely N-dealkylation sites (tertiary alicyclic amines) is 1. The summed E-state index contributed by atoms with van der Waals surface area (Å²) in [6, 6.07) is 8.76. The summed E-state index contributed by atoms with van der Waals surface area (Å²) in [5, 5.41) is 6.52. The normalized spacial score (nSPS) is 15.7. The average Bonchev–Trinajstić information content (AvgIpc) is 3.17. The van der Waals surface area contributed by atoms with Crippen molar-refractivity contribution in [2.24, 2.45) is 0 Å². The molecule has 2 aromatic rings. The number of carbonyl (C=O) groups excluding carboxylic acids is 2. The monoisotopic (exact) mass is 381 g/mol. The van der Waals surface area contributed by atoms with Crippen molar-refractivity contribution in [3.05, 3.63) is 47.7 Å². The van der Waals surface area contributed by atoms with Gasteiger partial charge < -0.3 is 9.32 Å². The highest BCUT2D eigenvalue weighted by atomic mass is 19.4. The number of Topliss-reactive ketones (excluding diaryl/α,β-unsaturated/α-hetero) is 1. The van der Waals surface area contributed by atoms with Crippen LogP contribution in [0.5, 0.6) is 0 Å². The first-order valence-electron chi connectivity index (χ1n) is 8.61. The fourth-order valence-corrected chi connectivity index (χ4v) is 3.04. The summed E-state index contributed by atoms with van der Waals surface area (Å²) in [6.07, 6.45) is -3.54. The molecule has 2 heterocycles. The second-order valence-electron chi connectivity index (χ2n) is 6.39. The zero-order chi connectivity index (χ0) is 19.4. The summed E-state index contributed by atoms with van der Waals surface area (Å²) in [5.74, 6) is -1.93. The number of halogens is 3. The van der Waals surface area contributed by atoms with Gasteiger partial charge in [0.1, 0.15) is 0 Å². The van der Waals surface area contributed by atoms with Gasteiger partial charge in [-0.2, -0.15) is 13.2 Å². The minimum atomic E-state index is -4.66. The molecule has 1 aromatic carbocycles. The molecule has 27 heavy (non-hydrogen) atoms. The van der Waals surface area contributed by atoms with Gasteiger partial charge in [-0.05, 0) is 12.8 Å². The lowest BCUT2D eigenvalue weighted by Crippen LogP contribution is -2.38. The van der Waals surface area contributed by atoms with E-state index in [-0.39, 0.29) is 36.3 Å². The van der Waals surface area contributed by atoms with E-state index in [4.69, 9.17) is 4.42 Å². The standard InChI is InChI=1S/C18H18F3N3O3/c19-18(20,21)17-23-22-16(27-17)13-8-10-24(11-9-13)15(26)7-6-14(25)12-4-2-1-3-5-12/h1-5,13H,6-11H2. The number of ketones is 1. The molecule has 0 aliphatic carbocycles. The van der Waals surface area contributed by atoms with Gasteiger partial charge in [0, 0.05) is 37.4 Å². The number of aromatic nitrogens is 2. The molecule has 9 heteroatoms. The molecule has 0 bridgehead atoms. The van der Waals surface area contributed by atoms with Crippen molar-refractivity contribution in [2.45, 2.75) is 37.8 Å². The third-order valence-electron chi connectivity index (χ3n) is 4.54. The van der Waals surface area contributed by atoms with Crippen LogP contribution in [0, 0.1) is 0 Å². The van der Waals surface area contributed by atoms with E-state index in [1.807, 2.05) is 6.07 Å². The summed E-state index contributed by atoms with van der Waals surface area (Å²) < 4.78 is 42.3. The highest BCUT2D eigenvalue weighted by Gasteiger charge is 2.39. The summed E-state index contributed by atoms with van der Waals surface area (Å²) >= 11 is 0. The second-order valence-corrected chi connectivity index (χ2v) is 6.39. The SMILES string of the molecule is O=C(CCC(=O)N1CCC(c2nnc(C(F)(F)F)o2)CC1)c1ccccc1. The molecule has 0 unspecified atom stereocenters. The first-order valence-corrected chi connectivity index (χ1v) is 8.61. The van der Waals surface area contributed by atoms with Gasteiger partial charge in [-0.1, -0.05) is 30.3 Å². The zero-order valence-electron chi connectivity index (χ0n) is 14.4. The molecule has 1 fully saturated rings. The van der Waals surface area contributed by atoms with Crippen molar-refractivity contribution in [3.8, 4) is 0 Å². The van der Waals surface area contributed by atoms with Crippen LogP contribution in [0.2, 0.25) is 0 Å². The molecule has 6 nitrogen and oxygen atoms in total. The van der Waals surface area contributed by atoms with E-state index in [2.05, 4.69) is 10.2 Å². The Hall–Kier alpha value is -2.71. The third-order valence-corrected chi connectivity index (χ3v) is 4.54. The van der Waals surface area contributed by atoms with Crippen molar-refractivity contribution < 1.29 is 27.2 Å². The molecule has 1 amide bonds. The topological polar surface area (TPSA) is 76.3 Å². The first-order chi connectivity index (χ1) is 12.8. The Morgan fingerprint density at radius 1 is 1.07 bits per heavy atom. The highest BCUT2D eigenvalue weighted by molar-refractivity contribution is 5.97. The molecular formula is C18H18F3N3O3. The lowest BCUT2D eigenvalue weighted by atomic mass is 9.96. The minimum absolute atomic E-state index is 0.0475. The van der Waals surface area contributed by atoms with Gasteiger partial charge in [-0.3, -0.25) is 9.59 Å². The molecule has 0 radical (unpaired) electrons. The van der Waals surface area contributed by atoms with Gasteiger partial charge >= 0.3 is 12.1 Å². The van der Waals surface area contributed by atoms with E-state index in [9.17, 15) is 22.8 Å². The zero-order valence-corrected chi connectivity index (χ0v) is 14.4. The molecule has 1 aliphatic heterocycles. The van der Waals surface area contributed by atoms with Gasteiger partial charge in [0.25, 0.3) is 0 Å². The van der Waals surface area contributed by atoms with E-state index in [1.165, 1.54) is 0 Å². The van der Waals surface area contributed by atoms with Crippen molar-refractivity contribution in [2.75, 3.05) is 13.1 Å². The van der Waals surface area contributed by atoms with Crippen molar-refractivity contribution in [3.63, 3.8) is 0 Å². The van der Waals surface area contributed by atoms with Crippen LogP contribution in [-0.2, 0) is 11.0 Å². The third kappa shape index (κ3) is 4.72. The van der Waals surface area contributed by atoms with E-state index in [1.54, 1.807) is 29.2 Å². The number of benzene rings is 1. The molecule has 0 atom stereocenters. The molecule has 1 aliphatic rings. The first kappa shape index (κ1) is 19.1. The number of rotatable bonds is 5. The van der Waals surface area contributed by atoms with Crippen LogP contribution >= 0.6 is 0 Å². The Morgan fingerprint density at radius 3 is 2.33 bits per heavy atom.